The molecule has 0 spiro atoms. The van der Waals surface area contributed by atoms with Gasteiger partial charge in [0.05, 0.1) is 3.57 Å². The Morgan fingerprint density at radius 1 is 1.27 bits per heavy atom. The van der Waals surface area contributed by atoms with Gasteiger partial charge in [0.1, 0.15) is 11.6 Å². The van der Waals surface area contributed by atoms with E-state index in [9.17, 15) is 8.78 Å². The molecule has 0 radical (unpaired) electrons. The normalized spacial score (nSPS) is 10.2. The quantitative estimate of drug-likeness (QED) is 0.612. The van der Waals surface area contributed by atoms with Crippen molar-refractivity contribution in [3.8, 4) is 0 Å². The van der Waals surface area contributed by atoms with Crippen LogP contribution in [0, 0.1) is 15.2 Å². The Labute approximate surface area is 76.7 Å². The summed E-state index contributed by atoms with van der Waals surface area (Å²) >= 11 is 1.74. The Bertz CT molecular complexity index is 275. The molecule has 1 rings (SSSR count). The Morgan fingerprint density at radius 3 is 2.27 bits per heavy atom. The number of hydrogen-bond donors (Lipinski definition) is 1. The van der Waals surface area contributed by atoms with Crippen molar-refractivity contribution in [2.45, 2.75) is 6.54 Å². The lowest BCUT2D eigenvalue weighted by Gasteiger charge is -2.02. The molecule has 0 fully saturated rings. The summed E-state index contributed by atoms with van der Waals surface area (Å²) in [7, 11) is 0. The molecule has 2 N–H and O–H groups in total. The van der Waals surface area contributed by atoms with Gasteiger partial charge in [0.15, 0.2) is 0 Å². The maximum absolute atomic E-state index is 12.8. The predicted molar refractivity (Wildman–Crippen MR) is 47.0 cm³/mol. The van der Waals surface area contributed by atoms with E-state index >= 15 is 0 Å². The fraction of sp³-hybridized carbons (Fsp3) is 0.143. The minimum absolute atomic E-state index is 0.0296. The van der Waals surface area contributed by atoms with Gasteiger partial charge in [0.2, 0.25) is 0 Å². The van der Waals surface area contributed by atoms with Gasteiger partial charge in [0.25, 0.3) is 0 Å². The molecule has 60 valence electrons. The van der Waals surface area contributed by atoms with E-state index in [0.717, 1.165) is 12.1 Å². The fourth-order valence-corrected chi connectivity index (χ4v) is 1.41. The summed E-state index contributed by atoms with van der Waals surface area (Å²) < 4.78 is 25.8. The van der Waals surface area contributed by atoms with Crippen molar-refractivity contribution in [2.75, 3.05) is 0 Å². The summed E-state index contributed by atoms with van der Waals surface area (Å²) in [5.74, 6) is -0.870. The highest BCUT2D eigenvalue weighted by Crippen LogP contribution is 2.18. The fourth-order valence-electron chi connectivity index (χ4n) is 0.756. The molecular weight excluding hydrogens is 263 g/mol. The van der Waals surface area contributed by atoms with Crippen LogP contribution in [0.25, 0.3) is 0 Å². The lowest BCUT2D eigenvalue weighted by molar-refractivity contribution is 0.579. The Balaban J connectivity index is 3.29. The molecule has 0 heterocycles. The number of halogens is 3. The Hall–Kier alpha value is -0.230. The van der Waals surface area contributed by atoms with E-state index in [2.05, 4.69) is 0 Å². The first-order valence-electron chi connectivity index (χ1n) is 2.99. The van der Waals surface area contributed by atoms with Crippen LogP contribution >= 0.6 is 22.6 Å². The second kappa shape index (κ2) is 3.44. The van der Waals surface area contributed by atoms with Gasteiger partial charge in [0, 0.05) is 12.1 Å². The van der Waals surface area contributed by atoms with Gasteiger partial charge in [-0.2, -0.15) is 0 Å². The first-order chi connectivity index (χ1) is 5.16. The third kappa shape index (κ3) is 1.67. The minimum atomic E-state index is -0.446. The van der Waals surface area contributed by atoms with Crippen LogP contribution in [0.1, 0.15) is 5.56 Å². The number of benzene rings is 1. The summed E-state index contributed by atoms with van der Waals surface area (Å²) in [5.41, 5.74) is 5.45. The molecule has 0 saturated carbocycles. The molecule has 1 aromatic carbocycles. The van der Waals surface area contributed by atoms with Gasteiger partial charge < -0.3 is 5.73 Å². The van der Waals surface area contributed by atoms with Gasteiger partial charge in [-0.3, -0.25) is 0 Å². The van der Waals surface area contributed by atoms with Gasteiger partial charge in [-0.25, -0.2) is 8.78 Å². The molecule has 0 amide bonds. The molecular formula is C7H6F2IN. The Morgan fingerprint density at radius 2 is 1.82 bits per heavy atom. The molecule has 0 saturated heterocycles. The van der Waals surface area contributed by atoms with Crippen molar-refractivity contribution in [1.82, 2.24) is 0 Å². The van der Waals surface area contributed by atoms with Gasteiger partial charge in [-0.05, 0) is 34.7 Å². The first-order valence-corrected chi connectivity index (χ1v) is 4.07. The summed E-state index contributed by atoms with van der Waals surface area (Å²) in [6.07, 6.45) is 0. The van der Waals surface area contributed by atoms with Crippen LogP contribution in [0.15, 0.2) is 12.1 Å². The third-order valence-corrected chi connectivity index (χ3v) is 2.51. The van der Waals surface area contributed by atoms with E-state index in [1.807, 2.05) is 0 Å². The molecule has 4 heteroatoms. The standard InChI is InChI=1S/C7H6F2IN/c8-5-1-2-6(9)7(10)4(5)3-11/h1-2H,3,11H2. The van der Waals surface area contributed by atoms with Gasteiger partial charge in [-0.1, -0.05) is 0 Å². The first kappa shape index (κ1) is 8.86. The van der Waals surface area contributed by atoms with Crippen LogP contribution in [0.3, 0.4) is 0 Å². The van der Waals surface area contributed by atoms with Crippen molar-refractivity contribution >= 4 is 22.6 Å². The second-order valence-corrected chi connectivity index (χ2v) is 3.10. The van der Waals surface area contributed by atoms with Crippen molar-refractivity contribution < 1.29 is 8.78 Å². The zero-order valence-corrected chi connectivity index (χ0v) is 7.73. The van der Waals surface area contributed by atoms with Crippen LogP contribution < -0.4 is 5.73 Å². The van der Waals surface area contributed by atoms with Crippen LogP contribution in [-0.2, 0) is 6.54 Å². The predicted octanol–water partition coefficient (Wildman–Crippen LogP) is 2.03. The Kier molecular flexibility index (Phi) is 2.78. The van der Waals surface area contributed by atoms with Gasteiger partial charge >= 0.3 is 0 Å². The van der Waals surface area contributed by atoms with Crippen LogP contribution in [0.4, 0.5) is 8.78 Å². The molecule has 1 aromatic rings. The molecule has 11 heavy (non-hydrogen) atoms. The lowest BCUT2D eigenvalue weighted by atomic mass is 10.2. The van der Waals surface area contributed by atoms with Crippen molar-refractivity contribution in [1.29, 1.82) is 0 Å². The summed E-state index contributed by atoms with van der Waals surface area (Å²) in [4.78, 5) is 0. The molecule has 0 aliphatic carbocycles. The number of hydrogen-bond acceptors (Lipinski definition) is 1. The minimum Gasteiger partial charge on any atom is -0.326 e. The molecule has 0 aromatic heterocycles. The maximum Gasteiger partial charge on any atom is 0.137 e. The van der Waals surface area contributed by atoms with Crippen LogP contribution in [0.5, 0.6) is 0 Å². The van der Waals surface area contributed by atoms with Crippen molar-refractivity contribution in [3.05, 3.63) is 32.9 Å². The van der Waals surface area contributed by atoms with E-state index in [4.69, 9.17) is 5.73 Å². The summed E-state index contributed by atoms with van der Waals surface area (Å²) in [5, 5.41) is 0. The average molecular weight is 269 g/mol. The summed E-state index contributed by atoms with van der Waals surface area (Å²) in [6, 6.07) is 2.18. The zero-order valence-electron chi connectivity index (χ0n) is 5.57. The van der Waals surface area contributed by atoms with Gasteiger partial charge in [-0.15, -0.1) is 0 Å². The van der Waals surface area contributed by atoms with E-state index in [1.165, 1.54) is 0 Å². The second-order valence-electron chi connectivity index (χ2n) is 2.03. The van der Waals surface area contributed by atoms with E-state index in [-0.39, 0.29) is 15.7 Å². The maximum atomic E-state index is 12.8. The SMILES string of the molecule is NCc1c(F)ccc(F)c1I. The van der Waals surface area contributed by atoms with Crippen LogP contribution in [-0.4, -0.2) is 0 Å². The molecule has 0 aliphatic heterocycles. The highest BCUT2D eigenvalue weighted by Gasteiger charge is 2.08. The highest BCUT2D eigenvalue weighted by atomic mass is 127. The smallest absolute Gasteiger partial charge is 0.137 e. The average Bonchev–Trinajstić information content (AvgIpc) is 1.99. The zero-order chi connectivity index (χ0) is 8.43. The largest absolute Gasteiger partial charge is 0.326 e. The molecule has 0 atom stereocenters. The third-order valence-electron chi connectivity index (χ3n) is 1.34. The van der Waals surface area contributed by atoms with E-state index in [0.29, 0.717) is 0 Å². The monoisotopic (exact) mass is 269 g/mol. The molecule has 0 unspecified atom stereocenters. The topological polar surface area (TPSA) is 26.0 Å². The van der Waals surface area contributed by atoms with E-state index in [1.54, 1.807) is 22.6 Å². The molecule has 0 aliphatic rings. The number of nitrogens with two attached hydrogens (primary N) is 1. The number of rotatable bonds is 1. The van der Waals surface area contributed by atoms with E-state index < -0.39 is 11.6 Å². The van der Waals surface area contributed by atoms with Crippen LogP contribution in [0.2, 0.25) is 0 Å². The van der Waals surface area contributed by atoms with Crippen molar-refractivity contribution in [2.24, 2.45) is 5.73 Å². The molecule has 1 nitrogen and oxygen atoms in total. The van der Waals surface area contributed by atoms with Crippen molar-refractivity contribution in [3.63, 3.8) is 0 Å². The lowest BCUT2D eigenvalue weighted by Crippen LogP contribution is -2.04. The summed E-state index contributed by atoms with van der Waals surface area (Å²) in [6.45, 7) is 0.0296. The highest BCUT2D eigenvalue weighted by molar-refractivity contribution is 14.1. The molecule has 0 bridgehead atoms.